The maximum Gasteiger partial charge on any atom is 0.356 e. The topological polar surface area (TPSA) is 73.6 Å². The summed E-state index contributed by atoms with van der Waals surface area (Å²) in [5, 5.41) is 13.0. The first-order valence-electron chi connectivity index (χ1n) is 5.85. The molecular weight excluding hydrogens is 248 g/mol. The second-order valence-electron chi connectivity index (χ2n) is 4.24. The number of hydrogen-bond acceptors (Lipinski definition) is 4. The van der Waals surface area contributed by atoms with Crippen LogP contribution in [0.4, 0.5) is 0 Å². The van der Waals surface area contributed by atoms with Crippen LogP contribution in [0.5, 0.6) is 11.5 Å². The summed E-state index contributed by atoms with van der Waals surface area (Å²) in [7, 11) is 0. The van der Waals surface area contributed by atoms with Gasteiger partial charge in [0.1, 0.15) is 13.2 Å². The highest BCUT2D eigenvalue weighted by Crippen LogP contribution is 2.31. The van der Waals surface area contributed by atoms with E-state index in [0.29, 0.717) is 30.3 Å². The molecule has 0 saturated heterocycles. The quantitative estimate of drug-likeness (QED) is 0.888. The van der Waals surface area contributed by atoms with Crippen molar-refractivity contribution in [1.29, 1.82) is 0 Å². The molecule has 19 heavy (non-hydrogen) atoms. The van der Waals surface area contributed by atoms with Crippen LogP contribution in [0.2, 0.25) is 0 Å². The zero-order valence-corrected chi connectivity index (χ0v) is 10.3. The van der Waals surface area contributed by atoms with E-state index < -0.39 is 5.97 Å². The molecule has 98 valence electrons. The molecule has 2 aromatic rings. The summed E-state index contributed by atoms with van der Waals surface area (Å²) in [4.78, 5) is 11.0. The van der Waals surface area contributed by atoms with Gasteiger partial charge in [0.25, 0.3) is 0 Å². The van der Waals surface area contributed by atoms with Gasteiger partial charge in [-0.25, -0.2) is 9.48 Å². The van der Waals surface area contributed by atoms with Crippen LogP contribution < -0.4 is 9.47 Å². The Kier molecular flexibility index (Phi) is 2.63. The Morgan fingerprint density at radius 1 is 1.32 bits per heavy atom. The first-order chi connectivity index (χ1) is 9.15. The molecule has 0 unspecified atom stereocenters. The molecule has 1 aromatic carbocycles. The number of benzene rings is 1. The standard InChI is InChI=1S/C13H12N2O4/c1-8-7-15(14-12(8)13(16)17)9-2-3-10-11(6-9)19-5-4-18-10/h2-3,6-7H,4-5H2,1H3,(H,16,17). The molecule has 0 fully saturated rings. The number of hydrogen-bond donors (Lipinski definition) is 1. The van der Waals surface area contributed by atoms with Gasteiger partial charge in [0.2, 0.25) is 0 Å². The zero-order chi connectivity index (χ0) is 13.4. The van der Waals surface area contributed by atoms with E-state index in [0.717, 1.165) is 5.69 Å². The summed E-state index contributed by atoms with van der Waals surface area (Å²) >= 11 is 0. The average molecular weight is 260 g/mol. The monoisotopic (exact) mass is 260 g/mol. The summed E-state index contributed by atoms with van der Waals surface area (Å²) in [5.41, 5.74) is 1.40. The number of rotatable bonds is 2. The van der Waals surface area contributed by atoms with Gasteiger partial charge in [-0.05, 0) is 19.1 Å². The maximum absolute atomic E-state index is 11.0. The maximum atomic E-state index is 11.0. The van der Waals surface area contributed by atoms with Crippen LogP contribution >= 0.6 is 0 Å². The molecule has 6 nitrogen and oxygen atoms in total. The fourth-order valence-electron chi connectivity index (χ4n) is 1.98. The Morgan fingerprint density at radius 2 is 2.05 bits per heavy atom. The van der Waals surface area contributed by atoms with Gasteiger partial charge in [0.05, 0.1) is 5.69 Å². The lowest BCUT2D eigenvalue weighted by Gasteiger charge is -2.18. The summed E-state index contributed by atoms with van der Waals surface area (Å²) in [6.07, 6.45) is 1.68. The minimum absolute atomic E-state index is 0.0508. The van der Waals surface area contributed by atoms with Crippen LogP contribution in [0.1, 0.15) is 16.1 Å². The van der Waals surface area contributed by atoms with Crippen molar-refractivity contribution in [2.75, 3.05) is 13.2 Å². The van der Waals surface area contributed by atoms with Crippen LogP contribution in [0, 0.1) is 6.92 Å². The highest BCUT2D eigenvalue weighted by Gasteiger charge is 2.16. The highest BCUT2D eigenvalue weighted by atomic mass is 16.6. The van der Waals surface area contributed by atoms with Gasteiger partial charge in [-0.2, -0.15) is 5.10 Å². The lowest BCUT2D eigenvalue weighted by Crippen LogP contribution is -2.15. The van der Waals surface area contributed by atoms with Crippen molar-refractivity contribution in [2.24, 2.45) is 0 Å². The number of aryl methyl sites for hydroxylation is 1. The second-order valence-corrected chi connectivity index (χ2v) is 4.24. The van der Waals surface area contributed by atoms with E-state index in [9.17, 15) is 4.79 Å². The fourth-order valence-corrected chi connectivity index (χ4v) is 1.98. The molecule has 0 saturated carbocycles. The number of carboxylic acids is 1. The van der Waals surface area contributed by atoms with Crippen LogP contribution in [0.25, 0.3) is 5.69 Å². The van der Waals surface area contributed by atoms with Crippen molar-refractivity contribution in [2.45, 2.75) is 6.92 Å². The highest BCUT2D eigenvalue weighted by molar-refractivity contribution is 5.86. The first kappa shape index (κ1) is 11.6. The third-order valence-electron chi connectivity index (χ3n) is 2.89. The minimum Gasteiger partial charge on any atom is -0.486 e. The van der Waals surface area contributed by atoms with E-state index in [1.165, 1.54) is 4.68 Å². The molecule has 1 N–H and O–H groups in total. The van der Waals surface area contributed by atoms with Crippen LogP contribution in [0.15, 0.2) is 24.4 Å². The van der Waals surface area contributed by atoms with Crippen LogP contribution in [0.3, 0.4) is 0 Å². The third-order valence-corrected chi connectivity index (χ3v) is 2.89. The van der Waals surface area contributed by atoms with Gasteiger partial charge >= 0.3 is 5.97 Å². The van der Waals surface area contributed by atoms with E-state index in [1.54, 1.807) is 25.3 Å². The zero-order valence-electron chi connectivity index (χ0n) is 10.3. The molecule has 1 aliphatic rings. The fraction of sp³-hybridized carbons (Fsp3) is 0.231. The Hall–Kier alpha value is -2.50. The lowest BCUT2D eigenvalue weighted by atomic mass is 10.2. The first-order valence-corrected chi connectivity index (χ1v) is 5.85. The summed E-state index contributed by atoms with van der Waals surface area (Å²) in [6, 6.07) is 5.39. The predicted molar refractivity (Wildman–Crippen MR) is 66.3 cm³/mol. The van der Waals surface area contributed by atoms with Crippen LogP contribution in [-0.4, -0.2) is 34.1 Å². The van der Waals surface area contributed by atoms with Crippen molar-refractivity contribution in [3.05, 3.63) is 35.7 Å². The molecule has 6 heteroatoms. The number of ether oxygens (including phenoxy) is 2. The van der Waals surface area contributed by atoms with Crippen molar-refractivity contribution in [1.82, 2.24) is 9.78 Å². The minimum atomic E-state index is -1.03. The smallest absolute Gasteiger partial charge is 0.356 e. The lowest BCUT2D eigenvalue weighted by molar-refractivity contribution is 0.0689. The van der Waals surface area contributed by atoms with E-state index in [-0.39, 0.29) is 5.69 Å². The van der Waals surface area contributed by atoms with Gasteiger partial charge in [-0.1, -0.05) is 0 Å². The van der Waals surface area contributed by atoms with Gasteiger partial charge in [-0.3, -0.25) is 0 Å². The Morgan fingerprint density at radius 3 is 2.74 bits per heavy atom. The van der Waals surface area contributed by atoms with Crippen LogP contribution in [-0.2, 0) is 0 Å². The van der Waals surface area contributed by atoms with Crippen molar-refractivity contribution in [3.8, 4) is 17.2 Å². The van der Waals surface area contributed by atoms with E-state index in [4.69, 9.17) is 14.6 Å². The molecule has 0 radical (unpaired) electrons. The average Bonchev–Trinajstić information content (AvgIpc) is 2.80. The molecular formula is C13H12N2O4. The number of carboxylic acid groups (broad SMARTS) is 1. The number of aromatic nitrogens is 2. The van der Waals surface area contributed by atoms with Gasteiger partial charge in [-0.15, -0.1) is 0 Å². The largest absolute Gasteiger partial charge is 0.486 e. The molecule has 0 atom stereocenters. The van der Waals surface area contributed by atoms with Gasteiger partial charge in [0.15, 0.2) is 17.2 Å². The van der Waals surface area contributed by atoms with E-state index >= 15 is 0 Å². The molecule has 3 rings (SSSR count). The molecule has 0 spiro atoms. The molecule has 0 bridgehead atoms. The molecule has 1 aliphatic heterocycles. The normalized spacial score (nSPS) is 13.3. The Labute approximate surface area is 109 Å². The number of nitrogens with zero attached hydrogens (tertiary/aromatic N) is 2. The number of aromatic carboxylic acids is 1. The molecule has 0 aliphatic carbocycles. The Bertz CT molecular complexity index is 648. The summed E-state index contributed by atoms with van der Waals surface area (Å²) in [5.74, 6) is 0.305. The number of fused-ring (bicyclic) bond motifs is 1. The van der Waals surface area contributed by atoms with Crippen molar-refractivity contribution < 1.29 is 19.4 Å². The molecule has 1 aromatic heterocycles. The Balaban J connectivity index is 2.02. The summed E-state index contributed by atoms with van der Waals surface area (Å²) in [6.45, 7) is 2.76. The van der Waals surface area contributed by atoms with Gasteiger partial charge < -0.3 is 14.6 Å². The third kappa shape index (κ3) is 2.01. The van der Waals surface area contributed by atoms with E-state index in [2.05, 4.69) is 5.10 Å². The molecule has 0 amide bonds. The second kappa shape index (κ2) is 4.31. The van der Waals surface area contributed by atoms with Crippen molar-refractivity contribution in [3.63, 3.8) is 0 Å². The van der Waals surface area contributed by atoms with Crippen molar-refractivity contribution >= 4 is 5.97 Å². The summed E-state index contributed by atoms with van der Waals surface area (Å²) < 4.78 is 12.4. The van der Waals surface area contributed by atoms with E-state index in [1.807, 2.05) is 6.07 Å². The van der Waals surface area contributed by atoms with Gasteiger partial charge in [0, 0.05) is 17.8 Å². The SMILES string of the molecule is Cc1cn(-c2ccc3c(c2)OCCO3)nc1C(=O)O. The predicted octanol–water partition coefficient (Wildman–Crippen LogP) is 1.65. The molecule has 2 heterocycles. The number of carbonyl (C=O) groups is 1.